The minimum atomic E-state index is -0.455. The molecule has 1 saturated heterocycles. The van der Waals surface area contributed by atoms with Crippen molar-refractivity contribution in [2.24, 2.45) is 0 Å². The zero-order valence-corrected chi connectivity index (χ0v) is 10.1. The van der Waals surface area contributed by atoms with E-state index in [1.54, 1.807) is 18.0 Å². The van der Waals surface area contributed by atoms with Crippen LogP contribution in [0.4, 0.5) is 0 Å². The predicted octanol–water partition coefficient (Wildman–Crippen LogP) is 0.695. The molecule has 2 amide bonds. The van der Waals surface area contributed by atoms with Crippen LogP contribution in [0.2, 0.25) is 5.02 Å². The fourth-order valence-corrected chi connectivity index (χ4v) is 1.93. The van der Waals surface area contributed by atoms with E-state index in [1.165, 1.54) is 12.4 Å². The molecule has 6 heteroatoms. The quantitative estimate of drug-likeness (QED) is 0.844. The molecule has 1 aliphatic heterocycles. The second kappa shape index (κ2) is 4.71. The molecular formula is C11H12ClN3O2. The zero-order valence-electron chi connectivity index (χ0n) is 9.31. The third kappa shape index (κ3) is 2.39. The Morgan fingerprint density at radius 2 is 2.41 bits per heavy atom. The van der Waals surface area contributed by atoms with Gasteiger partial charge in [-0.15, -0.1) is 0 Å². The van der Waals surface area contributed by atoms with Crippen LogP contribution in [0.15, 0.2) is 18.5 Å². The normalized spacial score (nSPS) is 19.5. The van der Waals surface area contributed by atoms with Gasteiger partial charge < -0.3 is 10.2 Å². The van der Waals surface area contributed by atoms with Crippen molar-refractivity contribution in [2.75, 3.05) is 13.6 Å². The summed E-state index contributed by atoms with van der Waals surface area (Å²) < 4.78 is 0. The van der Waals surface area contributed by atoms with Crippen molar-refractivity contribution < 1.29 is 9.59 Å². The van der Waals surface area contributed by atoms with Crippen LogP contribution in [0, 0.1) is 0 Å². The van der Waals surface area contributed by atoms with Crippen molar-refractivity contribution >= 4 is 23.4 Å². The Bertz CT molecular complexity index is 464. The maximum absolute atomic E-state index is 11.9. The van der Waals surface area contributed by atoms with Gasteiger partial charge in [-0.2, -0.15) is 0 Å². The first-order valence-electron chi connectivity index (χ1n) is 5.25. The molecule has 1 unspecified atom stereocenters. The lowest BCUT2D eigenvalue weighted by Gasteiger charge is -2.12. The average Bonchev–Trinajstić information content (AvgIpc) is 2.61. The maximum Gasteiger partial charge on any atom is 0.255 e. The van der Waals surface area contributed by atoms with Crippen molar-refractivity contribution in [3.05, 3.63) is 29.0 Å². The van der Waals surface area contributed by atoms with Crippen LogP contribution in [0.25, 0.3) is 0 Å². The van der Waals surface area contributed by atoms with Crippen LogP contribution < -0.4 is 5.32 Å². The number of aromatic nitrogens is 1. The van der Waals surface area contributed by atoms with E-state index in [-0.39, 0.29) is 17.4 Å². The standard InChI is InChI=1S/C11H12ClN3O2/c1-15-5-3-9(11(15)17)14-10(16)7-6-13-4-2-8(7)12/h2,4,6,9H,3,5H2,1H3,(H,14,16). The fraction of sp³-hybridized carbons (Fsp3) is 0.364. The van der Waals surface area contributed by atoms with E-state index < -0.39 is 6.04 Å². The number of nitrogens with one attached hydrogen (secondary N) is 1. The highest BCUT2D eigenvalue weighted by Crippen LogP contribution is 2.15. The lowest BCUT2D eigenvalue weighted by Crippen LogP contribution is -2.40. The van der Waals surface area contributed by atoms with Crippen LogP contribution in [-0.2, 0) is 4.79 Å². The summed E-state index contributed by atoms with van der Waals surface area (Å²) in [5, 5.41) is 2.99. The number of hydrogen-bond donors (Lipinski definition) is 1. The number of rotatable bonds is 2. The fourth-order valence-electron chi connectivity index (χ4n) is 1.74. The first-order valence-corrected chi connectivity index (χ1v) is 5.62. The van der Waals surface area contributed by atoms with E-state index in [4.69, 9.17) is 11.6 Å². The van der Waals surface area contributed by atoms with Crippen LogP contribution >= 0.6 is 11.6 Å². The first-order chi connectivity index (χ1) is 8.09. The summed E-state index contributed by atoms with van der Waals surface area (Å²) in [6.45, 7) is 0.657. The van der Waals surface area contributed by atoms with Gasteiger partial charge in [0.05, 0.1) is 10.6 Å². The number of pyridine rings is 1. The summed E-state index contributed by atoms with van der Waals surface area (Å²) in [6, 6.07) is 1.09. The van der Waals surface area contributed by atoms with Gasteiger partial charge >= 0.3 is 0 Å². The smallest absolute Gasteiger partial charge is 0.255 e. The molecule has 0 saturated carbocycles. The Labute approximate surface area is 104 Å². The molecule has 1 aromatic rings. The first kappa shape index (κ1) is 11.9. The summed E-state index contributed by atoms with van der Waals surface area (Å²) in [5.74, 6) is -0.435. The van der Waals surface area contributed by atoms with Crippen LogP contribution in [0.3, 0.4) is 0 Å². The highest BCUT2D eigenvalue weighted by molar-refractivity contribution is 6.33. The SMILES string of the molecule is CN1CCC(NC(=O)c2cnccc2Cl)C1=O. The van der Waals surface area contributed by atoms with Crippen LogP contribution in [0.5, 0.6) is 0 Å². The highest BCUT2D eigenvalue weighted by atomic mass is 35.5. The molecule has 1 fully saturated rings. The van der Waals surface area contributed by atoms with Crippen LogP contribution in [-0.4, -0.2) is 41.3 Å². The molecule has 1 N–H and O–H groups in total. The number of likely N-dealkylation sites (tertiary alicyclic amines) is 1. The van der Waals surface area contributed by atoms with Gasteiger partial charge in [-0.25, -0.2) is 0 Å². The topological polar surface area (TPSA) is 62.3 Å². The summed E-state index contributed by atoms with van der Waals surface area (Å²) in [5.41, 5.74) is 0.288. The summed E-state index contributed by atoms with van der Waals surface area (Å²) in [4.78, 5) is 28.9. The van der Waals surface area contributed by atoms with Crippen molar-refractivity contribution in [1.29, 1.82) is 0 Å². The van der Waals surface area contributed by atoms with E-state index in [9.17, 15) is 9.59 Å². The number of nitrogens with zero attached hydrogens (tertiary/aromatic N) is 2. The second-order valence-corrected chi connectivity index (χ2v) is 4.34. The number of halogens is 1. The van der Waals surface area contributed by atoms with E-state index in [1.807, 2.05) is 0 Å². The van der Waals surface area contributed by atoms with E-state index >= 15 is 0 Å². The molecule has 0 bridgehead atoms. The lowest BCUT2D eigenvalue weighted by atomic mass is 10.2. The Balaban J connectivity index is 2.08. The Morgan fingerprint density at radius 3 is 3.00 bits per heavy atom. The highest BCUT2D eigenvalue weighted by Gasteiger charge is 2.30. The van der Waals surface area contributed by atoms with Gasteiger partial charge in [0.25, 0.3) is 5.91 Å². The number of carbonyl (C=O) groups excluding carboxylic acids is 2. The molecule has 0 aromatic carbocycles. The number of amides is 2. The van der Waals surface area contributed by atoms with Crippen molar-refractivity contribution in [1.82, 2.24) is 15.2 Å². The maximum atomic E-state index is 11.9. The molecule has 5 nitrogen and oxygen atoms in total. The van der Waals surface area contributed by atoms with Crippen molar-refractivity contribution in [3.63, 3.8) is 0 Å². The van der Waals surface area contributed by atoms with E-state index in [0.717, 1.165) is 0 Å². The van der Waals surface area contributed by atoms with Crippen molar-refractivity contribution in [3.8, 4) is 0 Å². The van der Waals surface area contributed by atoms with Crippen molar-refractivity contribution in [2.45, 2.75) is 12.5 Å². The summed E-state index contributed by atoms with van der Waals surface area (Å²) in [7, 11) is 1.71. The number of hydrogen-bond acceptors (Lipinski definition) is 3. The molecular weight excluding hydrogens is 242 g/mol. The molecule has 1 aliphatic rings. The third-order valence-corrected chi connectivity index (χ3v) is 3.07. The summed E-state index contributed by atoms with van der Waals surface area (Å²) >= 11 is 5.87. The molecule has 0 spiro atoms. The monoisotopic (exact) mass is 253 g/mol. The molecule has 17 heavy (non-hydrogen) atoms. The lowest BCUT2D eigenvalue weighted by molar-refractivity contribution is -0.128. The largest absolute Gasteiger partial charge is 0.344 e. The van der Waals surface area contributed by atoms with Gasteiger partial charge in [-0.3, -0.25) is 14.6 Å². The molecule has 0 aliphatic carbocycles. The van der Waals surface area contributed by atoms with Gasteiger partial charge in [0, 0.05) is 26.0 Å². The molecule has 0 radical (unpaired) electrons. The average molecular weight is 254 g/mol. The minimum absolute atomic E-state index is 0.0710. The third-order valence-electron chi connectivity index (χ3n) is 2.75. The van der Waals surface area contributed by atoms with Gasteiger partial charge in [-0.05, 0) is 12.5 Å². The van der Waals surface area contributed by atoms with Gasteiger partial charge in [0.15, 0.2) is 0 Å². The van der Waals surface area contributed by atoms with Gasteiger partial charge in [0.2, 0.25) is 5.91 Å². The Hall–Kier alpha value is -1.62. The van der Waals surface area contributed by atoms with E-state index in [2.05, 4.69) is 10.3 Å². The zero-order chi connectivity index (χ0) is 12.4. The number of likely N-dealkylation sites (N-methyl/N-ethyl adjacent to an activating group) is 1. The van der Waals surface area contributed by atoms with Gasteiger partial charge in [0.1, 0.15) is 6.04 Å². The second-order valence-electron chi connectivity index (χ2n) is 3.93. The summed E-state index contributed by atoms with van der Waals surface area (Å²) in [6.07, 6.45) is 3.52. The van der Waals surface area contributed by atoms with E-state index in [0.29, 0.717) is 18.0 Å². The number of carbonyl (C=O) groups is 2. The Morgan fingerprint density at radius 1 is 1.65 bits per heavy atom. The molecule has 1 atom stereocenters. The molecule has 90 valence electrons. The molecule has 2 rings (SSSR count). The van der Waals surface area contributed by atoms with Gasteiger partial charge in [-0.1, -0.05) is 11.6 Å². The van der Waals surface area contributed by atoms with Crippen LogP contribution in [0.1, 0.15) is 16.8 Å². The molecule has 1 aromatic heterocycles. The molecule has 2 heterocycles. The minimum Gasteiger partial charge on any atom is -0.344 e. The predicted molar refractivity (Wildman–Crippen MR) is 62.8 cm³/mol. The Kier molecular flexibility index (Phi) is 3.28.